The number of aryl methyl sites for hydroxylation is 1. The van der Waals surface area contributed by atoms with E-state index in [9.17, 15) is 18.5 Å². The van der Waals surface area contributed by atoms with Crippen molar-refractivity contribution in [3.05, 3.63) is 59.7 Å². The number of hydrogen-bond donors (Lipinski definition) is 1. The van der Waals surface area contributed by atoms with E-state index in [0.717, 1.165) is 22.5 Å². The van der Waals surface area contributed by atoms with E-state index >= 15 is 0 Å². The molecule has 0 aliphatic carbocycles. The number of benzene rings is 2. The van der Waals surface area contributed by atoms with E-state index < -0.39 is 22.5 Å². The molecule has 25 heavy (non-hydrogen) atoms. The van der Waals surface area contributed by atoms with Crippen LogP contribution in [-0.4, -0.2) is 27.1 Å². The second-order valence-electron chi connectivity index (χ2n) is 5.46. The Morgan fingerprint density at radius 2 is 1.80 bits per heavy atom. The Morgan fingerprint density at radius 3 is 2.44 bits per heavy atom. The van der Waals surface area contributed by atoms with Crippen LogP contribution < -0.4 is 9.62 Å². The molecule has 0 fully saturated rings. The Morgan fingerprint density at radius 1 is 1.16 bits per heavy atom. The molecule has 0 radical (unpaired) electrons. The summed E-state index contributed by atoms with van der Waals surface area (Å²) in [5, 5.41) is 11.9. The highest BCUT2D eigenvalue weighted by atomic mass is 32.2. The minimum Gasteiger partial charge on any atom is -0.324 e. The summed E-state index contributed by atoms with van der Waals surface area (Å²) in [6.45, 7) is 1.56. The number of nitrogens with zero attached hydrogens (tertiary/aromatic N) is 2. The summed E-state index contributed by atoms with van der Waals surface area (Å²) in [5.41, 5.74) is 1.98. The first-order valence-electron chi connectivity index (χ1n) is 7.71. The number of nitriles is 1. The van der Waals surface area contributed by atoms with Crippen LogP contribution in [0.2, 0.25) is 0 Å². The zero-order valence-corrected chi connectivity index (χ0v) is 14.9. The van der Waals surface area contributed by atoms with Gasteiger partial charge in [0.15, 0.2) is 0 Å². The molecule has 130 valence electrons. The Balaban J connectivity index is 2.30. The summed E-state index contributed by atoms with van der Waals surface area (Å²) in [6.07, 6.45) is 1.75. The number of anilines is 2. The zero-order chi connectivity index (χ0) is 18.4. The first-order chi connectivity index (χ1) is 11.9. The van der Waals surface area contributed by atoms with Crippen LogP contribution in [0.5, 0.6) is 0 Å². The number of carbonyl (C=O) groups is 1. The molecular formula is C18H19N3O3S. The number of carbonyl (C=O) groups excluding carboxylic acids is 1. The van der Waals surface area contributed by atoms with E-state index in [2.05, 4.69) is 5.32 Å². The van der Waals surface area contributed by atoms with Crippen molar-refractivity contribution < 1.29 is 13.2 Å². The minimum atomic E-state index is -3.73. The van der Waals surface area contributed by atoms with Crippen LogP contribution in [0, 0.1) is 11.3 Å². The van der Waals surface area contributed by atoms with E-state index in [1.807, 2.05) is 25.1 Å². The van der Waals surface area contributed by atoms with Gasteiger partial charge in [-0.25, -0.2) is 8.42 Å². The van der Waals surface area contributed by atoms with E-state index in [1.54, 1.807) is 24.3 Å². The summed E-state index contributed by atoms with van der Waals surface area (Å²) in [5.74, 6) is -0.473. The smallest absolute Gasteiger partial charge is 0.245 e. The third-order valence-corrected chi connectivity index (χ3v) is 4.78. The molecule has 1 N–H and O–H groups in total. The predicted octanol–water partition coefficient (Wildman–Crippen LogP) is 2.53. The van der Waals surface area contributed by atoms with Crippen LogP contribution in [0.1, 0.15) is 18.1 Å². The largest absolute Gasteiger partial charge is 0.324 e. The van der Waals surface area contributed by atoms with Crippen LogP contribution in [0.25, 0.3) is 0 Å². The first kappa shape index (κ1) is 18.5. The van der Waals surface area contributed by atoms with Gasteiger partial charge in [-0.15, -0.1) is 0 Å². The lowest BCUT2D eigenvalue weighted by atomic mass is 10.1. The number of rotatable bonds is 6. The molecule has 2 rings (SSSR count). The van der Waals surface area contributed by atoms with Crippen molar-refractivity contribution in [3.8, 4) is 6.07 Å². The van der Waals surface area contributed by atoms with Gasteiger partial charge in [0, 0.05) is 5.69 Å². The van der Waals surface area contributed by atoms with E-state index in [-0.39, 0.29) is 11.3 Å². The van der Waals surface area contributed by atoms with Gasteiger partial charge in [-0.1, -0.05) is 37.3 Å². The Kier molecular flexibility index (Phi) is 5.78. The average Bonchev–Trinajstić information content (AvgIpc) is 2.59. The summed E-state index contributed by atoms with van der Waals surface area (Å²) in [7, 11) is -3.73. The molecular weight excluding hydrogens is 338 g/mol. The van der Waals surface area contributed by atoms with Gasteiger partial charge in [-0.05, 0) is 30.2 Å². The van der Waals surface area contributed by atoms with Crippen molar-refractivity contribution in [1.82, 2.24) is 0 Å². The quantitative estimate of drug-likeness (QED) is 0.860. The van der Waals surface area contributed by atoms with Gasteiger partial charge in [-0.2, -0.15) is 5.26 Å². The van der Waals surface area contributed by atoms with Gasteiger partial charge in [0.1, 0.15) is 12.6 Å². The summed E-state index contributed by atoms with van der Waals surface area (Å²) in [4.78, 5) is 12.4. The maximum Gasteiger partial charge on any atom is 0.245 e. The second kappa shape index (κ2) is 7.81. The molecule has 6 nitrogen and oxygen atoms in total. The average molecular weight is 357 g/mol. The standard InChI is InChI=1S/C18H19N3O3S/c1-3-14-8-4-6-10-16(14)20-18(22)13-21(25(2,23)24)17-11-7-5-9-15(17)12-19/h4-11H,3,13H2,1-2H3,(H,20,22). The van der Waals surface area contributed by atoms with Gasteiger partial charge in [-0.3, -0.25) is 9.10 Å². The lowest BCUT2D eigenvalue weighted by Gasteiger charge is -2.23. The highest BCUT2D eigenvalue weighted by Crippen LogP contribution is 2.22. The van der Waals surface area contributed by atoms with Gasteiger partial charge < -0.3 is 5.32 Å². The topological polar surface area (TPSA) is 90.3 Å². The van der Waals surface area contributed by atoms with Gasteiger partial charge in [0.25, 0.3) is 0 Å². The lowest BCUT2D eigenvalue weighted by Crippen LogP contribution is -2.38. The van der Waals surface area contributed by atoms with Crippen molar-refractivity contribution in [1.29, 1.82) is 5.26 Å². The zero-order valence-electron chi connectivity index (χ0n) is 14.1. The monoisotopic (exact) mass is 357 g/mol. The molecule has 0 aliphatic heterocycles. The molecule has 7 heteroatoms. The molecule has 2 aromatic carbocycles. The van der Waals surface area contributed by atoms with Crippen molar-refractivity contribution >= 4 is 27.3 Å². The molecule has 0 aromatic heterocycles. The molecule has 0 unspecified atom stereocenters. The molecule has 1 amide bonds. The fourth-order valence-electron chi connectivity index (χ4n) is 2.44. The Hall–Kier alpha value is -2.85. The Bertz CT molecular complexity index is 917. The highest BCUT2D eigenvalue weighted by Gasteiger charge is 2.23. The maximum atomic E-state index is 12.4. The van der Waals surface area contributed by atoms with Gasteiger partial charge in [0.05, 0.1) is 17.5 Å². The molecule has 0 aliphatic rings. The molecule has 0 atom stereocenters. The molecule has 2 aromatic rings. The number of hydrogen-bond acceptors (Lipinski definition) is 4. The van der Waals surface area contributed by atoms with Crippen LogP contribution in [0.3, 0.4) is 0 Å². The molecule has 0 heterocycles. The van der Waals surface area contributed by atoms with Crippen molar-refractivity contribution in [2.24, 2.45) is 0 Å². The molecule has 0 spiro atoms. The Labute approximate surface area is 147 Å². The van der Waals surface area contributed by atoms with E-state index in [4.69, 9.17) is 0 Å². The van der Waals surface area contributed by atoms with Crippen LogP contribution in [0.4, 0.5) is 11.4 Å². The minimum absolute atomic E-state index is 0.187. The number of amides is 1. The highest BCUT2D eigenvalue weighted by molar-refractivity contribution is 7.92. The van der Waals surface area contributed by atoms with Crippen molar-refractivity contribution in [3.63, 3.8) is 0 Å². The van der Waals surface area contributed by atoms with Crippen molar-refractivity contribution in [2.45, 2.75) is 13.3 Å². The fraction of sp³-hybridized carbons (Fsp3) is 0.222. The third-order valence-electron chi connectivity index (χ3n) is 3.65. The normalized spacial score (nSPS) is 10.8. The first-order valence-corrected chi connectivity index (χ1v) is 9.56. The fourth-order valence-corrected chi connectivity index (χ4v) is 3.31. The molecule has 0 saturated heterocycles. The lowest BCUT2D eigenvalue weighted by molar-refractivity contribution is -0.114. The van der Waals surface area contributed by atoms with E-state index in [1.165, 1.54) is 12.1 Å². The van der Waals surface area contributed by atoms with Gasteiger partial charge in [0.2, 0.25) is 15.9 Å². The molecule has 0 bridgehead atoms. The summed E-state index contributed by atoms with van der Waals surface area (Å²) in [6, 6.07) is 15.6. The number of nitrogens with one attached hydrogen (secondary N) is 1. The number of para-hydroxylation sites is 2. The maximum absolute atomic E-state index is 12.4. The second-order valence-corrected chi connectivity index (χ2v) is 7.36. The number of sulfonamides is 1. The predicted molar refractivity (Wildman–Crippen MR) is 97.8 cm³/mol. The molecule has 0 saturated carbocycles. The van der Waals surface area contributed by atoms with Crippen LogP contribution >= 0.6 is 0 Å². The third kappa shape index (κ3) is 4.58. The summed E-state index contributed by atoms with van der Waals surface area (Å²) >= 11 is 0. The van der Waals surface area contributed by atoms with Crippen LogP contribution in [0.15, 0.2) is 48.5 Å². The van der Waals surface area contributed by atoms with Crippen LogP contribution in [-0.2, 0) is 21.2 Å². The van der Waals surface area contributed by atoms with Gasteiger partial charge >= 0.3 is 0 Å². The summed E-state index contributed by atoms with van der Waals surface area (Å²) < 4.78 is 25.2. The van der Waals surface area contributed by atoms with E-state index in [0.29, 0.717) is 5.69 Å². The SMILES string of the molecule is CCc1ccccc1NC(=O)CN(c1ccccc1C#N)S(C)(=O)=O. The van der Waals surface area contributed by atoms with Crippen molar-refractivity contribution in [2.75, 3.05) is 22.4 Å².